The van der Waals surface area contributed by atoms with Crippen molar-refractivity contribution < 1.29 is 58.4 Å². The lowest BCUT2D eigenvalue weighted by Crippen LogP contribution is -2.63. The number of carboxylic acids is 1. The zero-order valence-electron chi connectivity index (χ0n) is 33.4. The Balaban J connectivity index is 1.13. The summed E-state index contributed by atoms with van der Waals surface area (Å²) < 4.78 is 46.0. The first kappa shape index (κ1) is 40.7. The van der Waals surface area contributed by atoms with Gasteiger partial charge in [0.05, 0.1) is 60.0 Å². The molecule has 20 unspecified atom stereocenters. The van der Waals surface area contributed by atoms with Crippen molar-refractivity contribution in [2.24, 2.45) is 41.4 Å². The molecule has 0 saturated carbocycles. The summed E-state index contributed by atoms with van der Waals surface area (Å²) in [6.45, 7) is 19.6. The van der Waals surface area contributed by atoms with Crippen LogP contribution in [0.1, 0.15) is 121 Å². The maximum Gasteiger partial charge on any atom is 0.311 e. The van der Waals surface area contributed by atoms with Crippen molar-refractivity contribution in [3.63, 3.8) is 0 Å². The van der Waals surface area contributed by atoms with E-state index in [0.29, 0.717) is 25.7 Å². The van der Waals surface area contributed by atoms with Crippen molar-refractivity contribution in [3.05, 3.63) is 0 Å². The molecule has 4 N–H and O–H groups in total. The number of carbonyl (C=O) groups is 1. The molecule has 12 nitrogen and oxygen atoms in total. The first-order valence-corrected chi connectivity index (χ1v) is 20.0. The second-order valence-corrected chi connectivity index (χ2v) is 18.7. The fourth-order valence-electron chi connectivity index (χ4n) is 11.0. The van der Waals surface area contributed by atoms with E-state index < -0.39 is 70.8 Å². The summed E-state index contributed by atoms with van der Waals surface area (Å²) in [5, 5.41) is 43.8. The van der Waals surface area contributed by atoms with Crippen LogP contribution in [0.2, 0.25) is 0 Å². The van der Waals surface area contributed by atoms with Gasteiger partial charge in [-0.15, -0.1) is 0 Å². The Morgan fingerprint density at radius 1 is 0.865 bits per heavy atom. The van der Waals surface area contributed by atoms with Crippen molar-refractivity contribution in [3.8, 4) is 0 Å². The molecule has 12 heteroatoms. The Kier molecular flexibility index (Phi) is 11.1. The highest BCUT2D eigenvalue weighted by molar-refractivity contribution is 5.70. The van der Waals surface area contributed by atoms with Gasteiger partial charge in [-0.25, -0.2) is 0 Å². The van der Waals surface area contributed by atoms with Gasteiger partial charge in [0.2, 0.25) is 0 Å². The van der Waals surface area contributed by atoms with Gasteiger partial charge in [0, 0.05) is 50.0 Å². The summed E-state index contributed by atoms with van der Waals surface area (Å²) in [5.41, 5.74) is -1.17. The zero-order chi connectivity index (χ0) is 38.3. The van der Waals surface area contributed by atoms with Crippen LogP contribution in [0.3, 0.4) is 0 Å². The average molecular weight is 741 g/mol. The molecule has 0 radical (unpaired) electrons. The fourth-order valence-corrected chi connectivity index (χ4v) is 11.0. The Labute approximate surface area is 310 Å². The Hall–Kier alpha value is -0.930. The minimum Gasteiger partial charge on any atom is -0.481 e. The van der Waals surface area contributed by atoms with Crippen molar-refractivity contribution in [2.75, 3.05) is 7.11 Å². The van der Waals surface area contributed by atoms with Gasteiger partial charge >= 0.3 is 5.97 Å². The highest BCUT2D eigenvalue weighted by atomic mass is 16.7. The van der Waals surface area contributed by atoms with Crippen molar-refractivity contribution in [1.29, 1.82) is 0 Å². The molecule has 6 rings (SSSR count). The van der Waals surface area contributed by atoms with Crippen LogP contribution in [0.25, 0.3) is 0 Å². The standard InChI is InChI=1S/C40H68O12/c1-20-16-22(3)38(10,44)51-32(20)30-17-21(2)34(47-30)37(9)13-12-31(50-37)36(8)14-15-39(52-36)19-27(41)23(4)28(48-39)18-29-24(5)33(46-11)25(6)40(45,49-29)26(7)35(42)43/h20-34,41,44-45H,12-19H2,1-11H3,(H,42,43). The number of aliphatic carboxylic acids is 1. The van der Waals surface area contributed by atoms with Gasteiger partial charge in [-0.2, -0.15) is 0 Å². The van der Waals surface area contributed by atoms with Gasteiger partial charge in [0.1, 0.15) is 5.92 Å². The zero-order valence-corrected chi connectivity index (χ0v) is 33.4. The van der Waals surface area contributed by atoms with Crippen LogP contribution in [-0.4, -0.2) is 111 Å². The molecule has 6 saturated heterocycles. The van der Waals surface area contributed by atoms with Gasteiger partial charge in [0.25, 0.3) is 0 Å². The molecule has 300 valence electrons. The summed E-state index contributed by atoms with van der Waals surface area (Å²) >= 11 is 0. The van der Waals surface area contributed by atoms with E-state index in [1.807, 2.05) is 20.8 Å². The average Bonchev–Trinajstić information content (AvgIpc) is 3.76. The second kappa shape index (κ2) is 14.2. The number of methoxy groups -OCH3 is 1. The summed E-state index contributed by atoms with van der Waals surface area (Å²) in [6.07, 6.45) is 2.48. The molecule has 20 atom stereocenters. The summed E-state index contributed by atoms with van der Waals surface area (Å²) in [6, 6.07) is 0. The highest BCUT2D eigenvalue weighted by Crippen LogP contribution is 2.54. The second-order valence-electron chi connectivity index (χ2n) is 18.7. The molecule has 6 heterocycles. The number of aliphatic hydroxyl groups is 3. The molecule has 0 aromatic carbocycles. The lowest BCUT2D eigenvalue weighted by atomic mass is 9.74. The number of aliphatic hydroxyl groups excluding tert-OH is 1. The van der Waals surface area contributed by atoms with Crippen molar-refractivity contribution in [2.45, 2.75) is 198 Å². The van der Waals surface area contributed by atoms with E-state index in [1.165, 1.54) is 6.92 Å². The van der Waals surface area contributed by atoms with E-state index in [1.54, 1.807) is 21.0 Å². The predicted octanol–water partition coefficient (Wildman–Crippen LogP) is 5.02. The van der Waals surface area contributed by atoms with Crippen LogP contribution in [0, 0.1) is 41.4 Å². The molecule has 0 aromatic heterocycles. The number of hydrogen-bond donors (Lipinski definition) is 4. The molecule has 52 heavy (non-hydrogen) atoms. The fraction of sp³-hybridized carbons (Fsp3) is 0.975. The maximum absolute atomic E-state index is 12.0. The molecule has 0 amide bonds. The molecule has 6 aliphatic heterocycles. The topological polar surface area (TPSA) is 163 Å². The summed E-state index contributed by atoms with van der Waals surface area (Å²) in [4.78, 5) is 12.0. The first-order valence-electron chi connectivity index (χ1n) is 20.0. The van der Waals surface area contributed by atoms with Gasteiger partial charge in [-0.05, 0) is 71.6 Å². The maximum atomic E-state index is 12.0. The monoisotopic (exact) mass is 740 g/mol. The number of rotatable bonds is 8. The number of hydrogen-bond acceptors (Lipinski definition) is 11. The molecule has 6 aliphatic rings. The summed E-state index contributed by atoms with van der Waals surface area (Å²) in [7, 11) is 1.57. The lowest BCUT2D eigenvalue weighted by molar-refractivity contribution is -0.354. The molecule has 1 spiro atoms. The number of carboxylic acid groups (broad SMARTS) is 1. The SMILES string of the molecule is COC1C(C)C(CC2OC3(CCC(C)(C4CCC(C)(C5OC(C6OC(C)(O)C(C)CC6C)CC5C)O4)O3)CC(O)C2C)OC(O)(C(C)C(=O)O)C1C. The van der Waals surface area contributed by atoms with Crippen LogP contribution in [0.4, 0.5) is 0 Å². The van der Waals surface area contributed by atoms with E-state index >= 15 is 0 Å². The van der Waals surface area contributed by atoms with E-state index in [4.69, 9.17) is 33.2 Å². The van der Waals surface area contributed by atoms with Gasteiger partial charge in [-0.3, -0.25) is 4.79 Å². The third kappa shape index (κ3) is 7.02. The van der Waals surface area contributed by atoms with Crippen molar-refractivity contribution in [1.82, 2.24) is 0 Å². The van der Waals surface area contributed by atoms with Crippen LogP contribution in [0.15, 0.2) is 0 Å². The Morgan fingerprint density at radius 2 is 1.54 bits per heavy atom. The quantitative estimate of drug-likeness (QED) is 0.263. The van der Waals surface area contributed by atoms with Crippen LogP contribution < -0.4 is 0 Å². The van der Waals surface area contributed by atoms with E-state index in [-0.39, 0.29) is 54.0 Å². The Morgan fingerprint density at radius 3 is 2.19 bits per heavy atom. The minimum atomic E-state index is -1.94. The van der Waals surface area contributed by atoms with E-state index in [9.17, 15) is 25.2 Å². The molecule has 0 aliphatic carbocycles. The third-order valence-electron chi connectivity index (χ3n) is 14.8. The molecular formula is C40H68O12. The molecule has 6 fully saturated rings. The molecular weight excluding hydrogens is 672 g/mol. The van der Waals surface area contributed by atoms with Gasteiger partial charge < -0.3 is 53.6 Å². The smallest absolute Gasteiger partial charge is 0.311 e. The van der Waals surface area contributed by atoms with Crippen LogP contribution in [0.5, 0.6) is 0 Å². The molecule has 0 aromatic rings. The predicted molar refractivity (Wildman–Crippen MR) is 190 cm³/mol. The van der Waals surface area contributed by atoms with E-state index in [0.717, 1.165) is 25.7 Å². The van der Waals surface area contributed by atoms with Gasteiger partial charge in [0.15, 0.2) is 17.4 Å². The van der Waals surface area contributed by atoms with Crippen molar-refractivity contribution >= 4 is 5.97 Å². The third-order valence-corrected chi connectivity index (χ3v) is 14.8. The van der Waals surface area contributed by atoms with Gasteiger partial charge in [-0.1, -0.05) is 41.5 Å². The summed E-state index contributed by atoms with van der Waals surface area (Å²) in [5.74, 6) is -6.89. The minimum absolute atomic E-state index is 0.0524. The molecule has 0 bridgehead atoms. The number of ether oxygens (including phenoxy) is 7. The van der Waals surface area contributed by atoms with E-state index in [2.05, 4.69) is 27.7 Å². The normalized spacial score (nSPS) is 56.3. The first-order chi connectivity index (χ1) is 24.1. The highest BCUT2D eigenvalue weighted by Gasteiger charge is 2.62. The largest absolute Gasteiger partial charge is 0.481 e. The Bertz CT molecular complexity index is 1300. The van der Waals surface area contributed by atoms with Crippen LogP contribution >= 0.6 is 0 Å². The lowest BCUT2D eigenvalue weighted by Gasteiger charge is -2.52. The van der Waals surface area contributed by atoms with Crippen LogP contribution in [-0.2, 0) is 38.0 Å².